The Labute approximate surface area is 365 Å². The quantitative estimate of drug-likeness (QED) is 0.168. The molecular weight excluding hydrogens is 789 g/mol. The molecule has 4 aromatic heterocycles. The molecule has 4 heterocycles. The van der Waals surface area contributed by atoms with Gasteiger partial charge in [0, 0.05) is 43.9 Å². The first-order valence-corrected chi connectivity index (χ1v) is 21.9. The molecule has 294 valence electrons. The zero-order chi connectivity index (χ0) is 41.4. The third kappa shape index (κ3) is 5.64. The summed E-state index contributed by atoms with van der Waals surface area (Å²) in [4.78, 5) is 21.4. The van der Waals surface area contributed by atoms with Crippen molar-refractivity contribution in [2.45, 2.75) is 0 Å². The Kier molecular flexibility index (Phi) is 7.98. The van der Waals surface area contributed by atoms with E-state index in [9.17, 15) is 0 Å². The molecule has 0 radical (unpaired) electrons. The van der Waals surface area contributed by atoms with Gasteiger partial charge in [-0.1, -0.05) is 170 Å². The third-order valence-corrected chi connectivity index (χ3v) is 13.3. The second-order valence-electron chi connectivity index (χ2n) is 15.8. The largest absolute Gasteiger partial charge is 0.307 e. The van der Waals surface area contributed by atoms with Crippen LogP contribution < -0.4 is 0 Å². The molecule has 0 bridgehead atoms. The average Bonchev–Trinajstić information content (AvgIpc) is 4.05. The van der Waals surface area contributed by atoms with Crippen molar-refractivity contribution in [1.82, 2.24) is 29.1 Å². The monoisotopic (exact) mass is 822 g/mol. The standard InChI is InChI=1S/C56H34N6S/c1-2-16-35(17-3-1)39-23-6-7-26-45(39)53-58-54(46-27-15-19-36-18-4-5-22-40(36)46)60-56(59-53)62-49-30-12-9-25-42(49)44-33-32-43-41-24-8-11-29-48(41)61(51(43)52(44)62)38-21-14-20-37(34-38)55-57-47-28-10-13-31-50(47)63-55/h1-34H. The lowest BCUT2D eigenvalue weighted by molar-refractivity contribution is 0.954. The molecule has 7 heteroatoms. The van der Waals surface area contributed by atoms with Gasteiger partial charge in [-0.05, 0) is 58.3 Å². The zero-order valence-electron chi connectivity index (χ0n) is 33.7. The minimum atomic E-state index is 0.546. The number of rotatable bonds is 6. The molecule has 0 saturated carbocycles. The van der Waals surface area contributed by atoms with Gasteiger partial charge in [0.2, 0.25) is 5.95 Å². The number of benzene rings is 9. The Morgan fingerprint density at radius 2 is 0.937 bits per heavy atom. The minimum absolute atomic E-state index is 0.546. The van der Waals surface area contributed by atoms with E-state index in [-0.39, 0.29) is 0 Å². The van der Waals surface area contributed by atoms with E-state index < -0.39 is 0 Å². The van der Waals surface area contributed by atoms with E-state index in [1.807, 2.05) is 12.1 Å². The molecule has 6 nitrogen and oxygen atoms in total. The second-order valence-corrected chi connectivity index (χ2v) is 16.9. The van der Waals surface area contributed by atoms with Crippen molar-refractivity contribution < 1.29 is 0 Å². The average molecular weight is 823 g/mol. The van der Waals surface area contributed by atoms with E-state index in [0.29, 0.717) is 17.6 Å². The smallest absolute Gasteiger partial charge is 0.238 e. The normalized spacial score (nSPS) is 11.8. The van der Waals surface area contributed by atoms with Gasteiger partial charge in [-0.3, -0.25) is 4.57 Å². The van der Waals surface area contributed by atoms with Crippen LogP contribution in [0.25, 0.3) is 121 Å². The van der Waals surface area contributed by atoms with Gasteiger partial charge in [-0.25, -0.2) is 9.97 Å². The van der Waals surface area contributed by atoms with E-state index >= 15 is 0 Å². The molecule has 0 aliphatic heterocycles. The van der Waals surface area contributed by atoms with Crippen LogP contribution in [-0.4, -0.2) is 29.1 Å². The number of aromatic nitrogens is 6. The molecule has 63 heavy (non-hydrogen) atoms. The van der Waals surface area contributed by atoms with Crippen molar-refractivity contribution in [3.63, 3.8) is 0 Å². The van der Waals surface area contributed by atoms with Gasteiger partial charge in [0.05, 0.1) is 32.3 Å². The maximum Gasteiger partial charge on any atom is 0.238 e. The van der Waals surface area contributed by atoms with Gasteiger partial charge < -0.3 is 4.57 Å². The fraction of sp³-hybridized carbons (Fsp3) is 0. The maximum absolute atomic E-state index is 5.50. The van der Waals surface area contributed by atoms with Crippen LogP contribution in [0.3, 0.4) is 0 Å². The first-order valence-electron chi connectivity index (χ1n) is 21.1. The van der Waals surface area contributed by atoms with Crippen molar-refractivity contribution in [1.29, 1.82) is 0 Å². The summed E-state index contributed by atoms with van der Waals surface area (Å²) in [5.41, 5.74) is 11.4. The maximum atomic E-state index is 5.50. The summed E-state index contributed by atoms with van der Waals surface area (Å²) in [7, 11) is 0. The van der Waals surface area contributed by atoms with Crippen LogP contribution in [0.15, 0.2) is 206 Å². The number of thiazole rings is 1. The van der Waals surface area contributed by atoms with Gasteiger partial charge in [-0.2, -0.15) is 9.97 Å². The summed E-state index contributed by atoms with van der Waals surface area (Å²) < 4.78 is 5.86. The highest BCUT2D eigenvalue weighted by Crippen LogP contribution is 2.43. The van der Waals surface area contributed by atoms with Crippen LogP contribution in [0.2, 0.25) is 0 Å². The van der Waals surface area contributed by atoms with E-state index in [2.05, 4.69) is 203 Å². The van der Waals surface area contributed by atoms with Gasteiger partial charge in [0.15, 0.2) is 11.6 Å². The molecular formula is C56H34N6S. The lowest BCUT2D eigenvalue weighted by Gasteiger charge is -2.15. The van der Waals surface area contributed by atoms with Gasteiger partial charge in [0.1, 0.15) is 5.01 Å². The Hall–Kier alpha value is -8.26. The first kappa shape index (κ1) is 35.5. The predicted molar refractivity (Wildman–Crippen MR) is 261 cm³/mol. The molecule has 13 rings (SSSR count). The number of hydrogen-bond donors (Lipinski definition) is 0. The van der Waals surface area contributed by atoms with Gasteiger partial charge >= 0.3 is 0 Å². The van der Waals surface area contributed by atoms with Gasteiger partial charge in [-0.15, -0.1) is 11.3 Å². The first-order chi connectivity index (χ1) is 31.2. The number of para-hydroxylation sites is 3. The van der Waals surface area contributed by atoms with E-state index in [1.54, 1.807) is 11.3 Å². The number of fused-ring (bicyclic) bond motifs is 9. The lowest BCUT2D eigenvalue weighted by Crippen LogP contribution is -2.07. The summed E-state index contributed by atoms with van der Waals surface area (Å²) >= 11 is 1.72. The fourth-order valence-corrected chi connectivity index (χ4v) is 10.4. The topological polar surface area (TPSA) is 61.4 Å². The van der Waals surface area contributed by atoms with Crippen molar-refractivity contribution in [2.75, 3.05) is 0 Å². The molecule has 0 N–H and O–H groups in total. The molecule has 0 unspecified atom stereocenters. The Morgan fingerprint density at radius 3 is 1.73 bits per heavy atom. The van der Waals surface area contributed by atoms with Crippen LogP contribution in [0.1, 0.15) is 0 Å². The lowest BCUT2D eigenvalue weighted by atomic mass is 9.99. The van der Waals surface area contributed by atoms with Crippen molar-refractivity contribution in [3.05, 3.63) is 206 Å². The van der Waals surface area contributed by atoms with Crippen molar-refractivity contribution in [2.24, 2.45) is 0 Å². The zero-order valence-corrected chi connectivity index (χ0v) is 34.5. The summed E-state index contributed by atoms with van der Waals surface area (Å²) in [6, 6.07) is 72.7. The Balaban J connectivity index is 1.14. The molecule has 0 spiro atoms. The van der Waals surface area contributed by atoms with E-state index in [0.717, 1.165) is 93.0 Å². The molecule has 0 fully saturated rings. The molecule has 9 aromatic carbocycles. The Morgan fingerprint density at radius 1 is 0.365 bits per heavy atom. The van der Waals surface area contributed by atoms with Crippen LogP contribution in [0, 0.1) is 0 Å². The summed E-state index contributed by atoms with van der Waals surface area (Å²) in [5, 5.41) is 7.74. The van der Waals surface area contributed by atoms with Gasteiger partial charge in [0.25, 0.3) is 0 Å². The third-order valence-electron chi connectivity index (χ3n) is 12.2. The summed E-state index contributed by atoms with van der Waals surface area (Å²) in [6.07, 6.45) is 0. The van der Waals surface area contributed by atoms with Crippen molar-refractivity contribution in [3.8, 4) is 56.1 Å². The van der Waals surface area contributed by atoms with E-state index in [4.69, 9.17) is 19.9 Å². The highest BCUT2D eigenvalue weighted by molar-refractivity contribution is 7.21. The van der Waals surface area contributed by atoms with Crippen LogP contribution in [0.4, 0.5) is 0 Å². The molecule has 0 atom stereocenters. The number of nitrogens with zero attached hydrogens (tertiary/aromatic N) is 6. The fourth-order valence-electron chi connectivity index (χ4n) is 9.42. The predicted octanol–water partition coefficient (Wildman–Crippen LogP) is 14.5. The molecule has 0 aliphatic carbocycles. The second kappa shape index (κ2) is 14.2. The Bertz CT molecular complexity index is 3900. The molecule has 0 aliphatic rings. The van der Waals surface area contributed by atoms with Crippen molar-refractivity contribution >= 4 is 75.9 Å². The SMILES string of the molecule is c1ccc(-c2ccccc2-c2nc(-c3cccc4ccccc34)nc(-n3c4ccccc4c4ccc5c6ccccc6n(-c6cccc(-c7nc8ccccc8s7)c6)c5c43)n2)cc1. The van der Waals surface area contributed by atoms with Crippen LogP contribution in [-0.2, 0) is 0 Å². The highest BCUT2D eigenvalue weighted by Gasteiger charge is 2.24. The molecule has 0 amide bonds. The molecule has 0 saturated heterocycles. The van der Waals surface area contributed by atoms with Crippen LogP contribution >= 0.6 is 11.3 Å². The van der Waals surface area contributed by atoms with Crippen LogP contribution in [0.5, 0.6) is 0 Å². The molecule has 13 aromatic rings. The van der Waals surface area contributed by atoms with E-state index in [1.165, 1.54) is 10.1 Å². The highest BCUT2D eigenvalue weighted by atomic mass is 32.1. The summed E-state index contributed by atoms with van der Waals surface area (Å²) in [6.45, 7) is 0. The minimum Gasteiger partial charge on any atom is -0.307 e. The summed E-state index contributed by atoms with van der Waals surface area (Å²) in [5.74, 6) is 1.76. The number of hydrogen-bond acceptors (Lipinski definition) is 5.